The van der Waals surface area contributed by atoms with Crippen LogP contribution in [0.2, 0.25) is 0 Å². The standard InChI is InChI=1S/C22H21N3O5/c1-30-22(29)15-5-4-10-24(12-15)19(26)14-7-8-17-18(11-14)21(28)25(20(17)27)13-16-6-2-3-9-23-16/h2-3,6-9,11,15H,4-5,10,12-13H2,1H3. The van der Waals surface area contributed by atoms with Crippen molar-refractivity contribution in [2.24, 2.45) is 5.92 Å². The summed E-state index contributed by atoms with van der Waals surface area (Å²) in [7, 11) is 1.34. The minimum Gasteiger partial charge on any atom is -0.469 e. The van der Waals surface area contributed by atoms with Crippen molar-refractivity contribution in [3.8, 4) is 0 Å². The first-order chi connectivity index (χ1) is 14.5. The number of amides is 3. The van der Waals surface area contributed by atoms with Crippen molar-refractivity contribution in [2.75, 3.05) is 20.2 Å². The zero-order valence-corrected chi connectivity index (χ0v) is 16.5. The van der Waals surface area contributed by atoms with Crippen LogP contribution >= 0.6 is 0 Å². The van der Waals surface area contributed by atoms with Gasteiger partial charge in [0.1, 0.15) is 0 Å². The summed E-state index contributed by atoms with van der Waals surface area (Å²) in [4.78, 5) is 57.2. The molecule has 1 aromatic heterocycles. The minimum absolute atomic E-state index is 0.0728. The summed E-state index contributed by atoms with van der Waals surface area (Å²) < 4.78 is 4.80. The molecule has 2 aliphatic heterocycles. The zero-order chi connectivity index (χ0) is 21.3. The quantitative estimate of drug-likeness (QED) is 0.567. The molecule has 0 aliphatic carbocycles. The number of pyridine rings is 1. The molecule has 154 valence electrons. The molecule has 30 heavy (non-hydrogen) atoms. The highest BCUT2D eigenvalue weighted by Gasteiger charge is 2.37. The van der Waals surface area contributed by atoms with Gasteiger partial charge in [0.25, 0.3) is 17.7 Å². The van der Waals surface area contributed by atoms with Gasteiger partial charge in [-0.1, -0.05) is 6.07 Å². The molecule has 1 fully saturated rings. The van der Waals surface area contributed by atoms with E-state index in [1.54, 1.807) is 35.4 Å². The molecular formula is C22H21N3O5. The monoisotopic (exact) mass is 407 g/mol. The lowest BCUT2D eigenvalue weighted by atomic mass is 9.97. The number of fused-ring (bicyclic) bond motifs is 1. The molecule has 4 rings (SSSR count). The zero-order valence-electron chi connectivity index (χ0n) is 16.5. The molecule has 1 aromatic carbocycles. The van der Waals surface area contributed by atoms with Gasteiger partial charge in [0.2, 0.25) is 0 Å². The SMILES string of the molecule is COC(=O)C1CCCN(C(=O)c2ccc3c(c2)C(=O)N(Cc2ccccn2)C3=O)C1. The second-order valence-electron chi connectivity index (χ2n) is 7.39. The number of imide groups is 1. The molecule has 8 heteroatoms. The van der Waals surface area contributed by atoms with Gasteiger partial charge in [-0.2, -0.15) is 0 Å². The highest BCUT2D eigenvalue weighted by Crippen LogP contribution is 2.27. The van der Waals surface area contributed by atoms with Crippen LogP contribution in [0.3, 0.4) is 0 Å². The molecule has 8 nitrogen and oxygen atoms in total. The Bertz CT molecular complexity index is 1020. The summed E-state index contributed by atoms with van der Waals surface area (Å²) in [6, 6.07) is 9.83. The minimum atomic E-state index is -0.443. The molecule has 0 N–H and O–H groups in total. The maximum absolute atomic E-state index is 13.0. The number of esters is 1. The number of carbonyl (C=O) groups is 4. The summed E-state index contributed by atoms with van der Waals surface area (Å²) in [5.41, 5.74) is 1.41. The number of hydrogen-bond acceptors (Lipinski definition) is 6. The molecule has 3 heterocycles. The lowest BCUT2D eigenvalue weighted by molar-refractivity contribution is -0.146. The van der Waals surface area contributed by atoms with E-state index in [-0.39, 0.29) is 42.0 Å². The van der Waals surface area contributed by atoms with E-state index in [0.29, 0.717) is 30.6 Å². The third-order valence-corrected chi connectivity index (χ3v) is 5.51. The van der Waals surface area contributed by atoms with E-state index in [1.165, 1.54) is 19.2 Å². The van der Waals surface area contributed by atoms with Gasteiger partial charge < -0.3 is 9.64 Å². The third-order valence-electron chi connectivity index (χ3n) is 5.51. The van der Waals surface area contributed by atoms with Crippen LogP contribution in [0.15, 0.2) is 42.6 Å². The van der Waals surface area contributed by atoms with Crippen molar-refractivity contribution in [1.82, 2.24) is 14.8 Å². The summed E-state index contributed by atoms with van der Waals surface area (Å²) in [6.07, 6.45) is 2.98. The smallest absolute Gasteiger partial charge is 0.310 e. The normalized spacial score (nSPS) is 18.4. The van der Waals surface area contributed by atoms with Crippen LogP contribution in [0.4, 0.5) is 0 Å². The molecular weight excluding hydrogens is 386 g/mol. The molecule has 1 saturated heterocycles. The highest BCUT2D eigenvalue weighted by molar-refractivity contribution is 6.22. The molecule has 0 saturated carbocycles. The molecule has 0 spiro atoms. The van der Waals surface area contributed by atoms with Crippen molar-refractivity contribution < 1.29 is 23.9 Å². The Balaban J connectivity index is 1.54. The summed E-state index contributed by atoms with van der Waals surface area (Å²) >= 11 is 0. The van der Waals surface area contributed by atoms with Crippen molar-refractivity contribution in [3.63, 3.8) is 0 Å². The Morgan fingerprint density at radius 1 is 1.13 bits per heavy atom. The lowest BCUT2D eigenvalue weighted by Gasteiger charge is -2.31. The van der Waals surface area contributed by atoms with E-state index >= 15 is 0 Å². The Morgan fingerprint density at radius 3 is 2.67 bits per heavy atom. The first-order valence-corrected chi connectivity index (χ1v) is 9.77. The maximum Gasteiger partial charge on any atom is 0.310 e. The number of benzene rings is 1. The second-order valence-corrected chi connectivity index (χ2v) is 7.39. The largest absolute Gasteiger partial charge is 0.469 e. The van der Waals surface area contributed by atoms with Gasteiger partial charge in [0.15, 0.2) is 0 Å². The molecule has 2 aromatic rings. The highest BCUT2D eigenvalue weighted by atomic mass is 16.5. The maximum atomic E-state index is 13.0. The number of ether oxygens (including phenoxy) is 1. The number of rotatable bonds is 4. The molecule has 1 unspecified atom stereocenters. The van der Waals surface area contributed by atoms with E-state index in [0.717, 1.165) is 4.90 Å². The van der Waals surface area contributed by atoms with Crippen molar-refractivity contribution in [2.45, 2.75) is 19.4 Å². The van der Waals surface area contributed by atoms with Crippen LogP contribution in [-0.2, 0) is 16.1 Å². The number of nitrogens with zero attached hydrogens (tertiary/aromatic N) is 3. The summed E-state index contributed by atoms with van der Waals surface area (Å²) in [5, 5.41) is 0. The molecule has 0 bridgehead atoms. The number of aromatic nitrogens is 1. The number of carbonyl (C=O) groups excluding carboxylic acids is 4. The fourth-order valence-electron chi connectivity index (χ4n) is 3.92. The molecule has 3 amide bonds. The van der Waals surface area contributed by atoms with E-state index in [2.05, 4.69) is 4.98 Å². The molecule has 2 aliphatic rings. The predicted molar refractivity (Wildman–Crippen MR) is 106 cm³/mol. The Hall–Kier alpha value is -3.55. The van der Waals surface area contributed by atoms with E-state index in [1.807, 2.05) is 0 Å². The van der Waals surface area contributed by atoms with E-state index < -0.39 is 11.8 Å². The number of piperidine rings is 1. The summed E-state index contributed by atoms with van der Waals surface area (Å²) in [5.74, 6) is -1.79. The number of likely N-dealkylation sites (tertiary alicyclic amines) is 1. The number of methoxy groups -OCH3 is 1. The lowest BCUT2D eigenvalue weighted by Crippen LogP contribution is -2.42. The Morgan fingerprint density at radius 2 is 1.93 bits per heavy atom. The Labute approximate surface area is 173 Å². The van der Waals surface area contributed by atoms with Gasteiger partial charge in [-0.15, -0.1) is 0 Å². The first-order valence-electron chi connectivity index (χ1n) is 9.77. The molecule has 0 radical (unpaired) electrons. The van der Waals surface area contributed by atoms with Crippen molar-refractivity contribution >= 4 is 23.7 Å². The predicted octanol–water partition coefficient (Wildman–Crippen LogP) is 1.90. The molecule has 1 atom stereocenters. The van der Waals surface area contributed by atoms with Crippen LogP contribution in [0.1, 0.15) is 49.6 Å². The van der Waals surface area contributed by atoms with Crippen LogP contribution < -0.4 is 0 Å². The number of hydrogen-bond donors (Lipinski definition) is 0. The van der Waals surface area contributed by atoms with Gasteiger partial charge >= 0.3 is 5.97 Å². The third kappa shape index (κ3) is 3.56. The van der Waals surface area contributed by atoms with Gasteiger partial charge in [-0.3, -0.25) is 29.1 Å². The topological polar surface area (TPSA) is 96.9 Å². The van der Waals surface area contributed by atoms with Gasteiger partial charge in [0.05, 0.1) is 36.4 Å². The van der Waals surface area contributed by atoms with Crippen LogP contribution in [-0.4, -0.2) is 58.7 Å². The van der Waals surface area contributed by atoms with Gasteiger partial charge in [-0.25, -0.2) is 0 Å². The van der Waals surface area contributed by atoms with Crippen LogP contribution in [0.5, 0.6) is 0 Å². The van der Waals surface area contributed by atoms with E-state index in [4.69, 9.17) is 4.74 Å². The van der Waals surface area contributed by atoms with Gasteiger partial charge in [-0.05, 0) is 43.2 Å². The fraction of sp³-hybridized carbons (Fsp3) is 0.318. The average Bonchev–Trinajstić information content (AvgIpc) is 3.03. The second kappa shape index (κ2) is 8.06. The fourth-order valence-corrected chi connectivity index (χ4v) is 3.92. The summed E-state index contributed by atoms with van der Waals surface area (Å²) in [6.45, 7) is 0.882. The van der Waals surface area contributed by atoms with Crippen LogP contribution in [0, 0.1) is 5.92 Å². The van der Waals surface area contributed by atoms with Crippen LogP contribution in [0.25, 0.3) is 0 Å². The Kier molecular flexibility index (Phi) is 5.31. The van der Waals surface area contributed by atoms with Crippen molar-refractivity contribution in [1.29, 1.82) is 0 Å². The first kappa shape index (κ1) is 19.8. The van der Waals surface area contributed by atoms with E-state index in [9.17, 15) is 19.2 Å². The average molecular weight is 407 g/mol. The van der Waals surface area contributed by atoms with Crippen molar-refractivity contribution in [3.05, 3.63) is 65.0 Å². The van der Waals surface area contributed by atoms with Gasteiger partial charge in [0, 0.05) is 24.8 Å².